The van der Waals surface area contributed by atoms with Crippen LogP contribution >= 0.6 is 0 Å². The molecule has 7 heteroatoms. The van der Waals surface area contributed by atoms with E-state index >= 15 is 0 Å². The highest BCUT2D eigenvalue weighted by Crippen LogP contribution is 2.37. The Kier molecular flexibility index (Phi) is 5.73. The summed E-state index contributed by atoms with van der Waals surface area (Å²) in [6.45, 7) is 0.296. The van der Waals surface area contributed by atoms with E-state index < -0.39 is 23.7 Å². The summed E-state index contributed by atoms with van der Waals surface area (Å²) in [5.74, 6) is -2.23. The van der Waals surface area contributed by atoms with Crippen LogP contribution in [0.1, 0.15) is 5.56 Å². The summed E-state index contributed by atoms with van der Waals surface area (Å²) >= 11 is 0. The molecule has 1 aromatic heterocycles. The molecule has 0 saturated carbocycles. The Hall–Kier alpha value is -3.81. The van der Waals surface area contributed by atoms with Crippen LogP contribution in [0.3, 0.4) is 0 Å². The minimum Gasteiger partial charge on any atom is -0.424 e. The van der Waals surface area contributed by atoms with Gasteiger partial charge in [-0.15, -0.1) is 0 Å². The molecule has 33 heavy (non-hydrogen) atoms. The molecule has 1 fully saturated rings. The summed E-state index contributed by atoms with van der Waals surface area (Å²) in [5, 5.41) is 0. The molecular weight excluding hydrogens is 423 g/mol. The summed E-state index contributed by atoms with van der Waals surface area (Å²) in [6.07, 6.45) is 4.15. The minimum absolute atomic E-state index is 0.00326. The molecule has 0 amide bonds. The lowest BCUT2D eigenvalue weighted by Gasteiger charge is -2.29. The summed E-state index contributed by atoms with van der Waals surface area (Å²) in [7, 11) is 0. The second kappa shape index (κ2) is 8.97. The Bertz CT molecular complexity index is 1230. The molecule has 2 atom stereocenters. The van der Waals surface area contributed by atoms with Crippen molar-refractivity contribution in [2.75, 3.05) is 6.61 Å². The molecule has 1 aliphatic rings. The fourth-order valence-corrected chi connectivity index (χ4v) is 3.83. The highest BCUT2D eigenvalue weighted by Gasteiger charge is 2.47. The topological polar surface area (TPSA) is 62.6 Å². The van der Waals surface area contributed by atoms with Gasteiger partial charge in [-0.05, 0) is 23.3 Å². The van der Waals surface area contributed by atoms with Gasteiger partial charge in [0.05, 0.1) is 19.5 Å². The fraction of sp³-hybridized carbons (Fsp3) is 0.154. The maximum atomic E-state index is 13.5. The molecule has 2 heterocycles. The Morgan fingerprint density at radius 1 is 1.06 bits per heavy atom. The molecule has 3 aromatic carbocycles. The first-order valence-corrected chi connectivity index (χ1v) is 10.5. The Morgan fingerprint density at radius 2 is 1.85 bits per heavy atom. The van der Waals surface area contributed by atoms with Crippen molar-refractivity contribution in [2.45, 2.75) is 18.4 Å². The number of nitrogens with zero attached hydrogens (tertiary/aromatic N) is 2. The third-order valence-electron chi connectivity index (χ3n) is 5.46. The number of hydrogen-bond donors (Lipinski definition) is 0. The lowest BCUT2D eigenvalue weighted by molar-refractivity contribution is -0.193. The van der Waals surface area contributed by atoms with E-state index in [1.807, 2.05) is 59.2 Å². The van der Waals surface area contributed by atoms with Gasteiger partial charge in [0.25, 0.3) is 0 Å². The lowest BCUT2D eigenvalue weighted by Crippen LogP contribution is -2.35. The quantitative estimate of drug-likeness (QED) is 0.322. The number of carbonyl (C=O) groups is 1. The molecule has 4 aromatic rings. The van der Waals surface area contributed by atoms with E-state index in [1.165, 1.54) is 18.2 Å². The monoisotopic (exact) mass is 444 g/mol. The van der Waals surface area contributed by atoms with Crippen LogP contribution in [-0.4, -0.2) is 28.2 Å². The van der Waals surface area contributed by atoms with E-state index in [4.69, 9.17) is 14.2 Å². The average Bonchev–Trinajstić information content (AvgIpc) is 3.51. The molecule has 166 valence electrons. The van der Waals surface area contributed by atoms with Gasteiger partial charge in [0, 0.05) is 24.0 Å². The van der Waals surface area contributed by atoms with Crippen LogP contribution in [-0.2, 0) is 26.6 Å². The maximum absolute atomic E-state index is 13.5. The molecule has 6 nitrogen and oxygen atoms in total. The van der Waals surface area contributed by atoms with E-state index in [9.17, 15) is 9.18 Å². The standard InChI is InChI=1S/C26H21FN2O4/c27-22-7-4-8-23(15-22)32-25(30)24-16-31-26(33-24,17-29-14-13-28-18-29)21-11-9-20(10-12-21)19-5-2-1-3-6-19/h1-15,18,24H,16-17H2/t24-,26-/m0/s1. The SMILES string of the molecule is O=C(Oc1cccc(F)c1)[C@@H]1CO[C@](Cn2ccnc2)(c2ccc(-c3ccccc3)cc2)O1. The zero-order valence-corrected chi connectivity index (χ0v) is 17.6. The van der Waals surface area contributed by atoms with Gasteiger partial charge in [0.1, 0.15) is 11.6 Å². The van der Waals surface area contributed by atoms with E-state index in [0.717, 1.165) is 22.8 Å². The first-order valence-electron chi connectivity index (χ1n) is 10.5. The number of imidazole rings is 1. The first-order chi connectivity index (χ1) is 16.1. The highest BCUT2D eigenvalue weighted by molar-refractivity contribution is 5.77. The molecule has 1 saturated heterocycles. The van der Waals surface area contributed by atoms with Crippen molar-refractivity contribution in [3.05, 3.63) is 109 Å². The van der Waals surface area contributed by atoms with Gasteiger partial charge in [0.2, 0.25) is 5.79 Å². The third-order valence-corrected chi connectivity index (χ3v) is 5.46. The van der Waals surface area contributed by atoms with Crippen molar-refractivity contribution in [1.82, 2.24) is 9.55 Å². The first kappa shape index (κ1) is 21.1. The van der Waals surface area contributed by atoms with Gasteiger partial charge >= 0.3 is 5.97 Å². The summed E-state index contributed by atoms with van der Waals surface area (Å²) in [4.78, 5) is 16.8. The largest absolute Gasteiger partial charge is 0.424 e. The van der Waals surface area contributed by atoms with Crippen LogP contribution in [0.2, 0.25) is 0 Å². The molecule has 0 radical (unpaired) electrons. The average molecular weight is 444 g/mol. The highest BCUT2D eigenvalue weighted by atomic mass is 19.1. The number of esters is 1. The van der Waals surface area contributed by atoms with E-state index in [2.05, 4.69) is 4.98 Å². The molecular formula is C26H21FN2O4. The second-order valence-electron chi connectivity index (χ2n) is 7.73. The van der Waals surface area contributed by atoms with Crippen LogP contribution in [0, 0.1) is 5.82 Å². The molecule has 0 spiro atoms. The van der Waals surface area contributed by atoms with Crippen molar-refractivity contribution in [1.29, 1.82) is 0 Å². The predicted octanol–water partition coefficient (Wildman–Crippen LogP) is 4.56. The number of benzene rings is 3. The summed E-state index contributed by atoms with van der Waals surface area (Å²) in [6, 6.07) is 23.3. The molecule has 0 bridgehead atoms. The van der Waals surface area contributed by atoms with Crippen molar-refractivity contribution in [3.63, 3.8) is 0 Å². The van der Waals surface area contributed by atoms with E-state index in [1.54, 1.807) is 18.7 Å². The van der Waals surface area contributed by atoms with Gasteiger partial charge in [0.15, 0.2) is 6.10 Å². The second-order valence-corrected chi connectivity index (χ2v) is 7.73. The predicted molar refractivity (Wildman–Crippen MR) is 119 cm³/mol. The van der Waals surface area contributed by atoms with Gasteiger partial charge in [-0.3, -0.25) is 0 Å². The van der Waals surface area contributed by atoms with Gasteiger partial charge in [-0.1, -0.05) is 60.7 Å². The smallest absolute Gasteiger partial charge is 0.343 e. The van der Waals surface area contributed by atoms with Crippen molar-refractivity contribution < 1.29 is 23.4 Å². The van der Waals surface area contributed by atoms with Crippen LogP contribution < -0.4 is 4.74 Å². The third kappa shape index (κ3) is 4.55. The minimum atomic E-state index is -1.21. The Labute approximate surface area is 190 Å². The van der Waals surface area contributed by atoms with Crippen LogP contribution in [0.5, 0.6) is 5.75 Å². The zero-order chi connectivity index (χ0) is 22.7. The number of hydrogen-bond acceptors (Lipinski definition) is 5. The van der Waals surface area contributed by atoms with Gasteiger partial charge in [-0.2, -0.15) is 0 Å². The number of ether oxygens (including phenoxy) is 3. The molecule has 0 N–H and O–H groups in total. The number of carbonyl (C=O) groups excluding carboxylic acids is 1. The summed E-state index contributed by atoms with van der Waals surface area (Å²) < 4.78 is 32.9. The molecule has 0 aliphatic carbocycles. The maximum Gasteiger partial charge on any atom is 0.343 e. The van der Waals surface area contributed by atoms with Crippen molar-refractivity contribution in [2.24, 2.45) is 0 Å². The number of rotatable bonds is 6. The molecule has 0 unspecified atom stereocenters. The zero-order valence-electron chi connectivity index (χ0n) is 17.6. The van der Waals surface area contributed by atoms with E-state index in [-0.39, 0.29) is 12.4 Å². The van der Waals surface area contributed by atoms with Crippen molar-refractivity contribution in [3.8, 4) is 16.9 Å². The van der Waals surface area contributed by atoms with Crippen molar-refractivity contribution >= 4 is 5.97 Å². The number of halogens is 1. The van der Waals surface area contributed by atoms with Gasteiger partial charge < -0.3 is 18.8 Å². The summed E-state index contributed by atoms with van der Waals surface area (Å²) in [5.41, 5.74) is 2.91. The van der Waals surface area contributed by atoms with Crippen LogP contribution in [0.15, 0.2) is 97.6 Å². The normalized spacial score (nSPS) is 20.0. The Morgan fingerprint density at radius 3 is 2.58 bits per heavy atom. The van der Waals surface area contributed by atoms with E-state index in [0.29, 0.717) is 6.54 Å². The molecule has 1 aliphatic heterocycles. The molecule has 5 rings (SSSR count). The Balaban J connectivity index is 1.40. The van der Waals surface area contributed by atoms with Crippen LogP contribution in [0.4, 0.5) is 4.39 Å². The fourth-order valence-electron chi connectivity index (χ4n) is 3.83. The lowest BCUT2D eigenvalue weighted by atomic mass is 10.00. The number of aromatic nitrogens is 2. The van der Waals surface area contributed by atoms with Crippen LogP contribution in [0.25, 0.3) is 11.1 Å². The van der Waals surface area contributed by atoms with Gasteiger partial charge in [-0.25, -0.2) is 14.2 Å².